The molecular formula is C19H29N3. The van der Waals surface area contributed by atoms with E-state index in [2.05, 4.69) is 44.0 Å². The molecule has 1 N–H and O–H groups in total. The molecule has 1 rings (SSSR count). The molecule has 1 aliphatic rings. The molecular weight excluding hydrogens is 270 g/mol. The number of hydrazone groups is 1. The van der Waals surface area contributed by atoms with Crippen molar-refractivity contribution in [3.8, 4) is 0 Å². The fourth-order valence-corrected chi connectivity index (χ4v) is 2.75. The van der Waals surface area contributed by atoms with Crippen molar-refractivity contribution in [3.63, 3.8) is 0 Å². The van der Waals surface area contributed by atoms with E-state index in [1.807, 2.05) is 37.5 Å². The molecule has 120 valence electrons. The van der Waals surface area contributed by atoms with E-state index in [-0.39, 0.29) is 0 Å². The van der Waals surface area contributed by atoms with E-state index in [1.54, 1.807) is 0 Å². The summed E-state index contributed by atoms with van der Waals surface area (Å²) < 4.78 is 0. The van der Waals surface area contributed by atoms with Crippen molar-refractivity contribution in [1.82, 2.24) is 10.3 Å². The highest BCUT2D eigenvalue weighted by atomic mass is 15.5. The van der Waals surface area contributed by atoms with Gasteiger partial charge in [0.15, 0.2) is 0 Å². The summed E-state index contributed by atoms with van der Waals surface area (Å²) in [6, 6.07) is 0. The minimum atomic E-state index is 0.552. The Kier molecular flexibility index (Phi) is 6.90. The van der Waals surface area contributed by atoms with Gasteiger partial charge in [0.25, 0.3) is 0 Å². The first kappa shape index (κ1) is 18.0. The second-order valence-electron chi connectivity index (χ2n) is 5.89. The normalized spacial score (nSPS) is 15.8. The Morgan fingerprint density at radius 1 is 1.45 bits per heavy atom. The Balaban J connectivity index is 3.47. The van der Waals surface area contributed by atoms with Crippen molar-refractivity contribution in [2.45, 2.75) is 33.1 Å². The molecule has 0 aromatic rings. The standard InChI is InChI=1S/C19H29N3/c1-8-10-15(5)16(9-2)18(13-14(3)4)17-11-12-21-22(7)19(17)20-6/h8-9,12,14,20H,1-2,5,10-11,13H2,3-4,6-7H3/b18-16+. The van der Waals surface area contributed by atoms with Crippen molar-refractivity contribution >= 4 is 6.21 Å². The number of hydrogen-bond acceptors (Lipinski definition) is 3. The number of nitrogens with zero attached hydrogens (tertiary/aromatic N) is 2. The van der Waals surface area contributed by atoms with Gasteiger partial charge in [-0.15, -0.1) is 6.58 Å². The maximum absolute atomic E-state index is 4.36. The van der Waals surface area contributed by atoms with Crippen molar-refractivity contribution in [3.05, 3.63) is 60.0 Å². The monoisotopic (exact) mass is 299 g/mol. The lowest BCUT2D eigenvalue weighted by Gasteiger charge is -2.28. The number of rotatable bonds is 8. The van der Waals surface area contributed by atoms with Crippen LogP contribution in [-0.4, -0.2) is 25.3 Å². The predicted octanol–water partition coefficient (Wildman–Crippen LogP) is 4.40. The molecule has 0 atom stereocenters. The van der Waals surface area contributed by atoms with E-state index in [9.17, 15) is 0 Å². The van der Waals surface area contributed by atoms with Crippen molar-refractivity contribution < 1.29 is 0 Å². The largest absolute Gasteiger partial charge is 0.373 e. The van der Waals surface area contributed by atoms with E-state index in [1.165, 1.54) is 11.1 Å². The fraction of sp³-hybridized carbons (Fsp3) is 0.421. The zero-order valence-corrected chi connectivity index (χ0v) is 14.4. The Hall–Kier alpha value is -2.03. The highest BCUT2D eigenvalue weighted by molar-refractivity contribution is 5.67. The minimum Gasteiger partial charge on any atom is -0.373 e. The summed E-state index contributed by atoms with van der Waals surface area (Å²) in [6.07, 6.45) is 8.35. The molecule has 3 nitrogen and oxygen atoms in total. The molecule has 1 aliphatic heterocycles. The third kappa shape index (κ3) is 4.23. The van der Waals surface area contributed by atoms with Gasteiger partial charge in [-0.3, -0.25) is 5.01 Å². The summed E-state index contributed by atoms with van der Waals surface area (Å²) in [5.74, 6) is 1.60. The maximum atomic E-state index is 4.36. The molecule has 3 heteroatoms. The van der Waals surface area contributed by atoms with Gasteiger partial charge < -0.3 is 5.32 Å². The second-order valence-corrected chi connectivity index (χ2v) is 5.89. The Bertz CT molecular complexity index is 533. The Morgan fingerprint density at radius 3 is 2.64 bits per heavy atom. The van der Waals surface area contributed by atoms with Crippen LogP contribution < -0.4 is 5.32 Å². The summed E-state index contributed by atoms with van der Waals surface area (Å²) in [5.41, 5.74) is 4.78. The first-order chi connectivity index (χ1) is 10.5. The summed E-state index contributed by atoms with van der Waals surface area (Å²) >= 11 is 0. The van der Waals surface area contributed by atoms with Crippen LogP contribution in [0.5, 0.6) is 0 Å². The van der Waals surface area contributed by atoms with Gasteiger partial charge in [-0.2, -0.15) is 5.10 Å². The first-order valence-electron chi connectivity index (χ1n) is 7.78. The van der Waals surface area contributed by atoms with Crippen LogP contribution in [0.2, 0.25) is 0 Å². The topological polar surface area (TPSA) is 27.6 Å². The van der Waals surface area contributed by atoms with E-state index < -0.39 is 0 Å². The van der Waals surface area contributed by atoms with Crippen LogP contribution in [0.25, 0.3) is 0 Å². The van der Waals surface area contributed by atoms with Gasteiger partial charge in [-0.25, -0.2) is 0 Å². The molecule has 0 saturated heterocycles. The van der Waals surface area contributed by atoms with Crippen LogP contribution in [0.1, 0.15) is 33.1 Å². The van der Waals surface area contributed by atoms with Gasteiger partial charge >= 0.3 is 0 Å². The average Bonchev–Trinajstić information content (AvgIpc) is 2.46. The van der Waals surface area contributed by atoms with Crippen LogP contribution in [0, 0.1) is 5.92 Å². The maximum Gasteiger partial charge on any atom is 0.125 e. The lowest BCUT2D eigenvalue weighted by Crippen LogP contribution is -2.27. The lowest BCUT2D eigenvalue weighted by molar-refractivity contribution is 0.404. The number of allylic oxidation sites excluding steroid dienone is 6. The molecule has 0 radical (unpaired) electrons. The summed E-state index contributed by atoms with van der Waals surface area (Å²) in [4.78, 5) is 0. The molecule has 0 bridgehead atoms. The van der Waals surface area contributed by atoms with Crippen LogP contribution in [0.3, 0.4) is 0 Å². The zero-order valence-electron chi connectivity index (χ0n) is 14.4. The third-order valence-electron chi connectivity index (χ3n) is 3.67. The molecule has 0 aliphatic carbocycles. The van der Waals surface area contributed by atoms with Gasteiger partial charge in [0.05, 0.1) is 0 Å². The molecule has 0 unspecified atom stereocenters. The van der Waals surface area contributed by atoms with Crippen molar-refractivity contribution in [1.29, 1.82) is 0 Å². The van der Waals surface area contributed by atoms with Gasteiger partial charge in [0.1, 0.15) is 5.82 Å². The SMILES string of the molecule is C=CCC(=C)/C(C=C)=C(\CC(C)C)C1=C(NC)N(C)N=CC1. The molecule has 0 spiro atoms. The summed E-state index contributed by atoms with van der Waals surface area (Å²) in [5, 5.41) is 9.53. The van der Waals surface area contributed by atoms with Gasteiger partial charge in [0.2, 0.25) is 0 Å². The Labute approximate surface area is 135 Å². The van der Waals surface area contributed by atoms with Crippen LogP contribution in [0.4, 0.5) is 0 Å². The second kappa shape index (κ2) is 8.42. The molecule has 22 heavy (non-hydrogen) atoms. The number of nitrogens with one attached hydrogen (secondary N) is 1. The smallest absolute Gasteiger partial charge is 0.125 e. The summed E-state index contributed by atoms with van der Waals surface area (Å²) in [6.45, 7) is 16.5. The zero-order chi connectivity index (χ0) is 16.7. The van der Waals surface area contributed by atoms with E-state index >= 15 is 0 Å². The molecule has 0 amide bonds. The van der Waals surface area contributed by atoms with Gasteiger partial charge in [-0.1, -0.05) is 39.2 Å². The van der Waals surface area contributed by atoms with Crippen molar-refractivity contribution in [2.75, 3.05) is 14.1 Å². The predicted molar refractivity (Wildman–Crippen MR) is 97.6 cm³/mol. The fourth-order valence-electron chi connectivity index (χ4n) is 2.75. The van der Waals surface area contributed by atoms with Crippen molar-refractivity contribution in [2.24, 2.45) is 11.0 Å². The summed E-state index contributed by atoms with van der Waals surface area (Å²) in [7, 11) is 3.90. The van der Waals surface area contributed by atoms with E-state index in [0.29, 0.717) is 5.92 Å². The first-order valence-corrected chi connectivity index (χ1v) is 7.78. The Morgan fingerprint density at radius 2 is 2.14 bits per heavy atom. The van der Waals surface area contributed by atoms with Crippen LogP contribution in [0.15, 0.2) is 65.1 Å². The molecule has 0 aromatic carbocycles. The van der Waals surface area contributed by atoms with Crippen LogP contribution in [-0.2, 0) is 0 Å². The van der Waals surface area contributed by atoms with E-state index in [4.69, 9.17) is 0 Å². The number of hydrogen-bond donors (Lipinski definition) is 1. The quantitative estimate of drug-likeness (QED) is 0.531. The van der Waals surface area contributed by atoms with Gasteiger partial charge in [0, 0.05) is 32.3 Å². The van der Waals surface area contributed by atoms with Crippen LogP contribution >= 0.6 is 0 Å². The molecule has 0 saturated carbocycles. The molecule has 0 aromatic heterocycles. The van der Waals surface area contributed by atoms with E-state index in [0.717, 1.165) is 36.2 Å². The van der Waals surface area contributed by atoms with Gasteiger partial charge in [-0.05, 0) is 35.5 Å². The third-order valence-corrected chi connectivity index (χ3v) is 3.67. The highest BCUT2D eigenvalue weighted by Crippen LogP contribution is 2.33. The molecule has 1 heterocycles. The lowest BCUT2D eigenvalue weighted by atomic mass is 9.86. The average molecular weight is 299 g/mol. The minimum absolute atomic E-state index is 0.552. The highest BCUT2D eigenvalue weighted by Gasteiger charge is 2.20. The molecule has 0 fully saturated rings.